The molecule has 7 heteroatoms. The number of amides is 1. The first-order valence-corrected chi connectivity index (χ1v) is 9.12. The molecule has 0 bridgehead atoms. The van der Waals surface area contributed by atoms with Crippen molar-refractivity contribution in [2.45, 2.75) is 45.0 Å². The molecular formula is C19H28N2O5. The van der Waals surface area contributed by atoms with Crippen LogP contribution in [-0.2, 0) is 20.7 Å². The summed E-state index contributed by atoms with van der Waals surface area (Å²) in [6.07, 6.45) is 1.33. The largest absolute Gasteiger partial charge is 0.454 e. The summed E-state index contributed by atoms with van der Waals surface area (Å²) in [5.74, 6) is 1.60. The number of fused-ring (bicyclic) bond motifs is 1. The maximum absolute atomic E-state index is 12.1. The molecule has 26 heavy (non-hydrogen) atoms. The predicted molar refractivity (Wildman–Crippen MR) is 96.3 cm³/mol. The van der Waals surface area contributed by atoms with E-state index in [4.69, 9.17) is 18.9 Å². The van der Waals surface area contributed by atoms with Gasteiger partial charge in [-0.1, -0.05) is 6.07 Å². The quantitative estimate of drug-likeness (QED) is 0.671. The molecule has 1 saturated heterocycles. The summed E-state index contributed by atoms with van der Waals surface area (Å²) in [5.41, 5.74) is 1.18. The van der Waals surface area contributed by atoms with Gasteiger partial charge in [0.05, 0.1) is 32.4 Å². The highest BCUT2D eigenvalue weighted by molar-refractivity contribution is 5.76. The Morgan fingerprint density at radius 3 is 2.81 bits per heavy atom. The van der Waals surface area contributed by atoms with Crippen LogP contribution in [0.1, 0.15) is 25.8 Å². The van der Waals surface area contributed by atoms with Crippen molar-refractivity contribution < 1.29 is 23.7 Å². The van der Waals surface area contributed by atoms with E-state index in [1.54, 1.807) is 0 Å². The second-order valence-corrected chi connectivity index (χ2v) is 6.93. The molecule has 1 amide bonds. The van der Waals surface area contributed by atoms with Crippen LogP contribution in [0.25, 0.3) is 0 Å². The van der Waals surface area contributed by atoms with E-state index >= 15 is 0 Å². The monoisotopic (exact) mass is 364 g/mol. The Labute approximate surface area is 154 Å². The van der Waals surface area contributed by atoms with Gasteiger partial charge in [0.15, 0.2) is 11.5 Å². The van der Waals surface area contributed by atoms with Crippen LogP contribution in [0.15, 0.2) is 18.2 Å². The number of benzene rings is 1. The summed E-state index contributed by atoms with van der Waals surface area (Å²) in [7, 11) is 2.02. The average molecular weight is 364 g/mol. The molecule has 3 rings (SSSR count). The average Bonchev–Trinajstić information content (AvgIpc) is 3.04. The Bertz CT molecular complexity index is 620. The molecule has 2 atom stereocenters. The number of nitrogens with zero attached hydrogens (tertiary/aromatic N) is 1. The standard InChI is InChI=1S/C19H28N2O5/c1-13(8-15-4-5-17-18(9-15)26-12-25-17)21(3)14(2)20-19(22)6-7-24-16-10-23-11-16/h4-5,9,13-14,16H,6-8,10-12H2,1-3H3,(H,20,22). The topological polar surface area (TPSA) is 69.3 Å². The lowest BCUT2D eigenvalue weighted by atomic mass is 10.1. The Balaban J connectivity index is 1.41. The first kappa shape index (κ1) is 18.9. The summed E-state index contributed by atoms with van der Waals surface area (Å²) in [5, 5.41) is 3.03. The lowest BCUT2D eigenvalue weighted by Crippen LogP contribution is -2.48. The number of hydrogen-bond acceptors (Lipinski definition) is 6. The fraction of sp³-hybridized carbons (Fsp3) is 0.632. The van der Waals surface area contributed by atoms with Crippen molar-refractivity contribution in [1.29, 1.82) is 0 Å². The highest BCUT2D eigenvalue weighted by atomic mass is 16.7. The van der Waals surface area contributed by atoms with E-state index in [0.717, 1.165) is 17.9 Å². The van der Waals surface area contributed by atoms with Gasteiger partial charge in [-0.15, -0.1) is 0 Å². The number of carbonyl (C=O) groups excluding carboxylic acids is 1. The van der Waals surface area contributed by atoms with Crippen LogP contribution in [0.2, 0.25) is 0 Å². The summed E-state index contributed by atoms with van der Waals surface area (Å²) < 4.78 is 21.4. The van der Waals surface area contributed by atoms with Crippen molar-refractivity contribution in [2.24, 2.45) is 0 Å². The highest BCUT2D eigenvalue weighted by Gasteiger charge is 2.21. The Morgan fingerprint density at radius 2 is 2.08 bits per heavy atom. The van der Waals surface area contributed by atoms with Crippen molar-refractivity contribution in [3.63, 3.8) is 0 Å². The maximum atomic E-state index is 12.1. The van der Waals surface area contributed by atoms with Crippen LogP contribution < -0.4 is 14.8 Å². The fourth-order valence-corrected chi connectivity index (χ4v) is 2.97. The van der Waals surface area contributed by atoms with E-state index in [2.05, 4.69) is 23.2 Å². The predicted octanol–water partition coefficient (Wildman–Crippen LogP) is 1.55. The Kier molecular flexibility index (Phi) is 6.34. The van der Waals surface area contributed by atoms with Gasteiger partial charge in [-0.3, -0.25) is 9.69 Å². The van der Waals surface area contributed by atoms with Crippen molar-refractivity contribution in [3.8, 4) is 11.5 Å². The lowest BCUT2D eigenvalue weighted by Gasteiger charge is -2.31. The van der Waals surface area contributed by atoms with Gasteiger partial charge in [-0.25, -0.2) is 0 Å². The zero-order valence-electron chi connectivity index (χ0n) is 15.7. The second kappa shape index (κ2) is 8.70. The Hall–Kier alpha value is -1.83. The van der Waals surface area contributed by atoms with Crippen molar-refractivity contribution in [2.75, 3.05) is 33.7 Å². The van der Waals surface area contributed by atoms with E-state index in [-0.39, 0.29) is 31.0 Å². The Morgan fingerprint density at radius 1 is 1.31 bits per heavy atom. The van der Waals surface area contributed by atoms with Gasteiger partial charge < -0.3 is 24.3 Å². The minimum Gasteiger partial charge on any atom is -0.454 e. The van der Waals surface area contributed by atoms with E-state index in [0.29, 0.717) is 26.2 Å². The number of rotatable bonds is 9. The molecule has 2 unspecified atom stereocenters. The molecule has 0 saturated carbocycles. The van der Waals surface area contributed by atoms with Gasteiger partial charge in [0.25, 0.3) is 0 Å². The number of ether oxygens (including phenoxy) is 4. The van der Waals surface area contributed by atoms with Crippen molar-refractivity contribution in [1.82, 2.24) is 10.2 Å². The zero-order valence-corrected chi connectivity index (χ0v) is 15.7. The van der Waals surface area contributed by atoms with Crippen LogP contribution in [0.3, 0.4) is 0 Å². The van der Waals surface area contributed by atoms with E-state index < -0.39 is 0 Å². The molecule has 0 radical (unpaired) electrons. The fourth-order valence-electron chi connectivity index (χ4n) is 2.97. The minimum atomic E-state index is -0.0569. The maximum Gasteiger partial charge on any atom is 0.231 e. The first-order chi connectivity index (χ1) is 12.5. The van der Waals surface area contributed by atoms with Gasteiger partial charge in [0, 0.05) is 6.04 Å². The second-order valence-electron chi connectivity index (χ2n) is 6.93. The molecule has 0 aliphatic carbocycles. The molecule has 2 aliphatic rings. The molecular weight excluding hydrogens is 336 g/mol. The normalized spacial score (nSPS) is 18.5. The van der Waals surface area contributed by atoms with Crippen LogP contribution in [0.5, 0.6) is 11.5 Å². The van der Waals surface area contributed by atoms with E-state index in [9.17, 15) is 4.79 Å². The SMILES string of the molecule is CC(Cc1ccc2c(c1)OCO2)N(C)C(C)NC(=O)CCOC1COC1. The third kappa shape index (κ3) is 4.87. The minimum absolute atomic E-state index is 0.000119. The number of hydrogen-bond donors (Lipinski definition) is 1. The molecule has 7 nitrogen and oxygen atoms in total. The molecule has 2 heterocycles. The summed E-state index contributed by atoms with van der Waals surface area (Å²) in [6.45, 7) is 6.13. The molecule has 1 fully saturated rings. The van der Waals surface area contributed by atoms with Gasteiger partial charge in [0.2, 0.25) is 12.7 Å². The molecule has 2 aliphatic heterocycles. The number of nitrogens with one attached hydrogen (secondary N) is 1. The van der Waals surface area contributed by atoms with E-state index in [1.165, 1.54) is 5.56 Å². The molecule has 0 aromatic heterocycles. The number of likely N-dealkylation sites (N-methyl/N-ethyl adjacent to an activating group) is 1. The third-order valence-electron chi connectivity index (χ3n) is 4.93. The summed E-state index contributed by atoms with van der Waals surface area (Å²) in [4.78, 5) is 14.2. The van der Waals surface area contributed by atoms with Crippen LogP contribution in [0, 0.1) is 0 Å². The summed E-state index contributed by atoms with van der Waals surface area (Å²) >= 11 is 0. The smallest absolute Gasteiger partial charge is 0.231 e. The van der Waals surface area contributed by atoms with Crippen LogP contribution >= 0.6 is 0 Å². The lowest BCUT2D eigenvalue weighted by molar-refractivity contribution is -0.138. The van der Waals surface area contributed by atoms with Crippen LogP contribution in [0.4, 0.5) is 0 Å². The highest BCUT2D eigenvalue weighted by Crippen LogP contribution is 2.32. The van der Waals surface area contributed by atoms with Crippen molar-refractivity contribution in [3.05, 3.63) is 23.8 Å². The van der Waals surface area contributed by atoms with E-state index in [1.807, 2.05) is 26.1 Å². The molecule has 1 N–H and O–H groups in total. The molecule has 1 aromatic carbocycles. The zero-order chi connectivity index (χ0) is 18.5. The van der Waals surface area contributed by atoms with Gasteiger partial charge in [-0.2, -0.15) is 0 Å². The third-order valence-corrected chi connectivity index (χ3v) is 4.93. The van der Waals surface area contributed by atoms with Crippen molar-refractivity contribution >= 4 is 5.91 Å². The number of carbonyl (C=O) groups is 1. The van der Waals surface area contributed by atoms with Gasteiger partial charge >= 0.3 is 0 Å². The first-order valence-electron chi connectivity index (χ1n) is 9.12. The van der Waals surface area contributed by atoms with Gasteiger partial charge in [-0.05, 0) is 45.0 Å². The van der Waals surface area contributed by atoms with Crippen LogP contribution in [-0.4, -0.2) is 62.8 Å². The molecule has 144 valence electrons. The summed E-state index contributed by atoms with van der Waals surface area (Å²) in [6, 6.07) is 6.29. The molecule has 0 spiro atoms. The molecule has 1 aromatic rings. The van der Waals surface area contributed by atoms with Gasteiger partial charge in [0.1, 0.15) is 6.10 Å².